The number of aromatic amines is 1. The van der Waals surface area contributed by atoms with Crippen LogP contribution in [0.25, 0.3) is 0 Å². The van der Waals surface area contributed by atoms with Crippen molar-refractivity contribution in [3.8, 4) is 0 Å². The van der Waals surface area contributed by atoms with Crippen molar-refractivity contribution < 1.29 is 9.90 Å². The van der Waals surface area contributed by atoms with Crippen molar-refractivity contribution >= 4 is 21.9 Å². The predicted molar refractivity (Wildman–Crippen MR) is 65.3 cm³/mol. The molecule has 0 saturated heterocycles. The van der Waals surface area contributed by atoms with Crippen molar-refractivity contribution in [2.75, 3.05) is 0 Å². The van der Waals surface area contributed by atoms with Crippen LogP contribution in [0.3, 0.4) is 0 Å². The second kappa shape index (κ2) is 4.58. The van der Waals surface area contributed by atoms with Gasteiger partial charge in [0.25, 0.3) is 5.56 Å². The summed E-state index contributed by atoms with van der Waals surface area (Å²) in [5.74, 6) is -1.22. The van der Waals surface area contributed by atoms with E-state index in [4.69, 9.17) is 5.11 Å². The van der Waals surface area contributed by atoms with Gasteiger partial charge in [0.2, 0.25) is 0 Å². The number of H-pyrrole nitrogens is 1. The Morgan fingerprint density at radius 2 is 2.00 bits per heavy atom. The molecule has 0 spiro atoms. The number of hydrogen-bond acceptors (Lipinski definition) is 2. The van der Waals surface area contributed by atoms with Gasteiger partial charge in [-0.2, -0.15) is 0 Å². The van der Waals surface area contributed by atoms with Gasteiger partial charge in [-0.3, -0.25) is 4.79 Å². The maximum absolute atomic E-state index is 11.6. The van der Waals surface area contributed by atoms with E-state index in [-0.39, 0.29) is 5.56 Å². The van der Waals surface area contributed by atoms with Crippen LogP contribution in [-0.2, 0) is 6.54 Å². The van der Waals surface area contributed by atoms with Crippen LogP contribution in [0.15, 0.2) is 39.7 Å². The quantitative estimate of drug-likeness (QED) is 0.905. The molecule has 1 heterocycles. The lowest BCUT2D eigenvalue weighted by Gasteiger charge is -2.01. The van der Waals surface area contributed by atoms with Gasteiger partial charge in [-0.05, 0) is 17.7 Å². The molecule has 0 atom stereocenters. The molecule has 0 unspecified atom stereocenters. The molecule has 2 rings (SSSR count). The molecule has 88 valence electrons. The lowest BCUT2D eigenvalue weighted by Crippen LogP contribution is -2.21. The lowest BCUT2D eigenvalue weighted by molar-refractivity contribution is 0.0695. The van der Waals surface area contributed by atoms with Gasteiger partial charge in [-0.25, -0.2) is 9.48 Å². The Bertz CT molecular complexity index is 598. The molecule has 0 fully saturated rings. The van der Waals surface area contributed by atoms with Gasteiger partial charge in [0.15, 0.2) is 0 Å². The third-order valence-electron chi connectivity index (χ3n) is 2.32. The van der Waals surface area contributed by atoms with Crippen molar-refractivity contribution in [2.45, 2.75) is 6.54 Å². The van der Waals surface area contributed by atoms with Crippen molar-refractivity contribution in [1.82, 2.24) is 9.78 Å². The zero-order valence-corrected chi connectivity index (χ0v) is 10.3. The summed E-state index contributed by atoms with van der Waals surface area (Å²) in [7, 11) is 0. The first-order chi connectivity index (χ1) is 8.08. The predicted octanol–water partition coefficient (Wildman–Crippen LogP) is 1.69. The van der Waals surface area contributed by atoms with Crippen LogP contribution in [0.5, 0.6) is 0 Å². The molecule has 1 aromatic heterocycles. The normalized spacial score (nSPS) is 10.4. The van der Waals surface area contributed by atoms with Gasteiger partial charge in [-0.15, -0.1) is 0 Å². The van der Waals surface area contributed by atoms with E-state index in [1.807, 2.05) is 24.3 Å². The zero-order valence-electron chi connectivity index (χ0n) is 8.68. The van der Waals surface area contributed by atoms with E-state index in [0.29, 0.717) is 6.54 Å². The van der Waals surface area contributed by atoms with E-state index >= 15 is 0 Å². The average Bonchev–Trinajstić information content (AvgIpc) is 2.64. The molecule has 0 aliphatic rings. The van der Waals surface area contributed by atoms with E-state index in [1.54, 1.807) is 0 Å². The van der Waals surface area contributed by atoms with E-state index in [9.17, 15) is 9.59 Å². The van der Waals surface area contributed by atoms with Crippen molar-refractivity contribution in [1.29, 1.82) is 0 Å². The first-order valence-electron chi connectivity index (χ1n) is 4.84. The number of halogens is 1. The Morgan fingerprint density at radius 3 is 2.53 bits per heavy atom. The minimum Gasteiger partial charge on any atom is -0.477 e. The SMILES string of the molecule is O=C(O)c1c[nH]n(Cc2ccc(Br)cc2)c1=O. The van der Waals surface area contributed by atoms with Crippen LogP contribution >= 0.6 is 15.9 Å². The third kappa shape index (κ3) is 2.47. The van der Waals surface area contributed by atoms with E-state index < -0.39 is 11.5 Å². The molecule has 5 nitrogen and oxygen atoms in total. The summed E-state index contributed by atoms with van der Waals surface area (Å²) < 4.78 is 2.21. The number of benzene rings is 1. The monoisotopic (exact) mass is 296 g/mol. The largest absolute Gasteiger partial charge is 0.477 e. The summed E-state index contributed by atoms with van der Waals surface area (Å²) in [6.07, 6.45) is 1.20. The maximum atomic E-state index is 11.6. The Balaban J connectivity index is 2.28. The van der Waals surface area contributed by atoms with E-state index in [1.165, 1.54) is 10.9 Å². The summed E-state index contributed by atoms with van der Waals surface area (Å²) in [6.45, 7) is 0.319. The smallest absolute Gasteiger partial charge is 0.342 e. The first-order valence-corrected chi connectivity index (χ1v) is 5.63. The van der Waals surface area contributed by atoms with Crippen LogP contribution in [0.2, 0.25) is 0 Å². The average molecular weight is 297 g/mol. The number of carboxylic acid groups (broad SMARTS) is 1. The Labute approximate surface area is 105 Å². The number of rotatable bonds is 3. The minimum atomic E-state index is -1.22. The van der Waals surface area contributed by atoms with Gasteiger partial charge < -0.3 is 10.2 Å². The standard InChI is InChI=1S/C11H9BrN2O3/c12-8-3-1-7(2-4-8)6-14-10(15)9(5-13-14)11(16)17/h1-5,13H,6H2,(H,16,17). The number of aromatic nitrogens is 2. The Hall–Kier alpha value is -1.82. The van der Waals surface area contributed by atoms with Crippen LogP contribution in [0.1, 0.15) is 15.9 Å². The number of aromatic carboxylic acids is 1. The molecule has 0 radical (unpaired) electrons. The third-order valence-corrected chi connectivity index (χ3v) is 2.85. The topological polar surface area (TPSA) is 75.1 Å². The molecule has 0 aliphatic carbocycles. The summed E-state index contributed by atoms with van der Waals surface area (Å²) in [5.41, 5.74) is 0.136. The highest BCUT2D eigenvalue weighted by atomic mass is 79.9. The molecule has 17 heavy (non-hydrogen) atoms. The van der Waals surface area contributed by atoms with E-state index in [2.05, 4.69) is 21.0 Å². The highest BCUT2D eigenvalue weighted by molar-refractivity contribution is 9.10. The van der Waals surface area contributed by atoms with Crippen LogP contribution < -0.4 is 5.56 Å². The van der Waals surface area contributed by atoms with Gasteiger partial charge in [-0.1, -0.05) is 28.1 Å². The van der Waals surface area contributed by atoms with Crippen LogP contribution in [0, 0.1) is 0 Å². The summed E-state index contributed by atoms with van der Waals surface area (Å²) in [4.78, 5) is 22.3. The fraction of sp³-hybridized carbons (Fsp3) is 0.0909. The fourth-order valence-corrected chi connectivity index (χ4v) is 1.72. The lowest BCUT2D eigenvalue weighted by atomic mass is 10.2. The summed E-state index contributed by atoms with van der Waals surface area (Å²) in [5, 5.41) is 11.4. The summed E-state index contributed by atoms with van der Waals surface area (Å²) in [6, 6.07) is 7.44. The van der Waals surface area contributed by atoms with Crippen molar-refractivity contribution in [3.63, 3.8) is 0 Å². The van der Waals surface area contributed by atoms with E-state index in [0.717, 1.165) is 10.0 Å². The molecule has 0 saturated carbocycles. The number of hydrogen-bond donors (Lipinski definition) is 2. The molecule has 0 bridgehead atoms. The molecule has 0 amide bonds. The number of nitrogens with one attached hydrogen (secondary N) is 1. The zero-order chi connectivity index (χ0) is 12.4. The molecule has 0 aliphatic heterocycles. The molecule has 6 heteroatoms. The van der Waals surface area contributed by atoms with Crippen molar-refractivity contribution in [2.24, 2.45) is 0 Å². The highest BCUT2D eigenvalue weighted by Gasteiger charge is 2.12. The van der Waals surface area contributed by atoms with Crippen molar-refractivity contribution in [3.05, 3.63) is 56.4 Å². The number of nitrogens with zero attached hydrogens (tertiary/aromatic N) is 1. The highest BCUT2D eigenvalue weighted by Crippen LogP contribution is 2.10. The molecule has 2 aromatic rings. The maximum Gasteiger partial charge on any atom is 0.342 e. The fourth-order valence-electron chi connectivity index (χ4n) is 1.45. The number of carboxylic acids is 1. The number of carbonyl (C=O) groups is 1. The van der Waals surface area contributed by atoms with Crippen LogP contribution in [-0.4, -0.2) is 20.9 Å². The second-order valence-electron chi connectivity index (χ2n) is 3.51. The van der Waals surface area contributed by atoms with Gasteiger partial charge in [0, 0.05) is 10.7 Å². The Kier molecular flexibility index (Phi) is 3.14. The van der Waals surface area contributed by atoms with Gasteiger partial charge in [0.05, 0.1) is 6.54 Å². The summed E-state index contributed by atoms with van der Waals surface area (Å²) >= 11 is 3.31. The second-order valence-corrected chi connectivity index (χ2v) is 4.43. The molecular formula is C11H9BrN2O3. The molecule has 2 N–H and O–H groups in total. The molecule has 1 aromatic carbocycles. The van der Waals surface area contributed by atoms with Gasteiger partial charge in [0.1, 0.15) is 5.56 Å². The Morgan fingerprint density at radius 1 is 1.35 bits per heavy atom. The van der Waals surface area contributed by atoms with Crippen LogP contribution in [0.4, 0.5) is 0 Å². The molecular weight excluding hydrogens is 288 g/mol. The first kappa shape index (κ1) is 11.7. The minimum absolute atomic E-state index is 0.248. The van der Waals surface area contributed by atoms with Gasteiger partial charge >= 0.3 is 5.97 Å².